The smallest absolute Gasteiger partial charge is 0.243 e. The Bertz CT molecular complexity index is 620. The van der Waals surface area contributed by atoms with E-state index in [4.69, 9.17) is 5.73 Å². The molecular formula is C13H19N3O3S. The Labute approximate surface area is 119 Å². The lowest BCUT2D eigenvalue weighted by molar-refractivity contribution is -0.129. The van der Waals surface area contributed by atoms with Gasteiger partial charge in [-0.25, -0.2) is 8.42 Å². The van der Waals surface area contributed by atoms with E-state index in [1.54, 1.807) is 24.0 Å². The Morgan fingerprint density at radius 1 is 1.20 bits per heavy atom. The summed E-state index contributed by atoms with van der Waals surface area (Å²) < 4.78 is 26.4. The van der Waals surface area contributed by atoms with Crippen molar-refractivity contribution in [3.05, 3.63) is 23.8 Å². The summed E-state index contributed by atoms with van der Waals surface area (Å²) in [7, 11) is -3.51. The summed E-state index contributed by atoms with van der Waals surface area (Å²) in [5, 5.41) is 0. The van der Waals surface area contributed by atoms with Crippen LogP contribution >= 0.6 is 0 Å². The SMILES string of the molecule is CC(=O)N1CCN(S(=O)(=O)c2ccc(N)c(C)c2)CC1. The number of amides is 1. The first-order valence-electron chi connectivity index (χ1n) is 6.44. The molecular weight excluding hydrogens is 278 g/mol. The average molecular weight is 297 g/mol. The summed E-state index contributed by atoms with van der Waals surface area (Å²) in [5.41, 5.74) is 7.03. The molecule has 7 heteroatoms. The zero-order chi connectivity index (χ0) is 14.9. The van der Waals surface area contributed by atoms with Crippen LogP contribution < -0.4 is 5.73 Å². The molecule has 1 heterocycles. The van der Waals surface area contributed by atoms with Gasteiger partial charge >= 0.3 is 0 Å². The minimum absolute atomic E-state index is 0.0228. The molecule has 6 nitrogen and oxygen atoms in total. The first-order valence-corrected chi connectivity index (χ1v) is 7.88. The van der Waals surface area contributed by atoms with Gasteiger partial charge in [-0.3, -0.25) is 4.79 Å². The Morgan fingerprint density at radius 3 is 2.30 bits per heavy atom. The van der Waals surface area contributed by atoms with Gasteiger partial charge in [-0.1, -0.05) is 0 Å². The summed E-state index contributed by atoms with van der Waals surface area (Å²) in [6.07, 6.45) is 0. The number of carbonyl (C=O) groups excluding carboxylic acids is 1. The summed E-state index contributed by atoms with van der Waals surface area (Å²) in [5.74, 6) is -0.0228. The molecule has 1 aliphatic rings. The summed E-state index contributed by atoms with van der Waals surface area (Å²) >= 11 is 0. The van der Waals surface area contributed by atoms with E-state index >= 15 is 0 Å². The van der Waals surface area contributed by atoms with Crippen LogP contribution in [0.15, 0.2) is 23.1 Å². The first kappa shape index (κ1) is 14.8. The van der Waals surface area contributed by atoms with Crippen molar-refractivity contribution in [2.75, 3.05) is 31.9 Å². The zero-order valence-corrected chi connectivity index (χ0v) is 12.5. The third-order valence-corrected chi connectivity index (χ3v) is 5.46. The highest BCUT2D eigenvalue weighted by Gasteiger charge is 2.29. The monoisotopic (exact) mass is 297 g/mol. The number of benzene rings is 1. The van der Waals surface area contributed by atoms with Crippen LogP contribution in [0, 0.1) is 6.92 Å². The Kier molecular flexibility index (Phi) is 4.01. The van der Waals surface area contributed by atoms with Gasteiger partial charge in [0.15, 0.2) is 0 Å². The van der Waals surface area contributed by atoms with E-state index in [1.165, 1.54) is 17.3 Å². The highest BCUT2D eigenvalue weighted by atomic mass is 32.2. The van der Waals surface area contributed by atoms with Crippen molar-refractivity contribution < 1.29 is 13.2 Å². The molecule has 2 rings (SSSR count). The number of hydrogen-bond acceptors (Lipinski definition) is 4. The maximum Gasteiger partial charge on any atom is 0.243 e. The van der Waals surface area contributed by atoms with Crippen molar-refractivity contribution in [1.82, 2.24) is 9.21 Å². The topological polar surface area (TPSA) is 83.7 Å². The molecule has 1 fully saturated rings. The normalized spacial score (nSPS) is 17.2. The third-order valence-electron chi connectivity index (χ3n) is 3.56. The second kappa shape index (κ2) is 5.41. The zero-order valence-electron chi connectivity index (χ0n) is 11.7. The van der Waals surface area contributed by atoms with E-state index in [2.05, 4.69) is 0 Å². The van der Waals surface area contributed by atoms with Gasteiger partial charge in [0.05, 0.1) is 4.90 Å². The maximum atomic E-state index is 12.5. The molecule has 2 N–H and O–H groups in total. The van der Waals surface area contributed by atoms with Crippen LogP contribution in [0.25, 0.3) is 0 Å². The lowest BCUT2D eigenvalue weighted by atomic mass is 10.2. The van der Waals surface area contributed by atoms with E-state index in [1.807, 2.05) is 0 Å². The van der Waals surface area contributed by atoms with Crippen LogP contribution in [-0.4, -0.2) is 49.7 Å². The molecule has 1 aromatic carbocycles. The molecule has 110 valence electrons. The Balaban J connectivity index is 2.19. The van der Waals surface area contributed by atoms with Crippen LogP contribution in [0.4, 0.5) is 5.69 Å². The molecule has 0 aromatic heterocycles. The van der Waals surface area contributed by atoms with Crippen LogP contribution in [-0.2, 0) is 14.8 Å². The predicted molar refractivity (Wildman–Crippen MR) is 76.6 cm³/mol. The van der Waals surface area contributed by atoms with Crippen molar-refractivity contribution in [3.63, 3.8) is 0 Å². The van der Waals surface area contributed by atoms with Gasteiger partial charge in [0.25, 0.3) is 0 Å². The highest BCUT2D eigenvalue weighted by molar-refractivity contribution is 7.89. The van der Waals surface area contributed by atoms with Crippen LogP contribution in [0.5, 0.6) is 0 Å². The minimum atomic E-state index is -3.51. The van der Waals surface area contributed by atoms with Crippen molar-refractivity contribution in [1.29, 1.82) is 0 Å². The molecule has 1 saturated heterocycles. The largest absolute Gasteiger partial charge is 0.399 e. The van der Waals surface area contributed by atoms with Crippen molar-refractivity contribution >= 4 is 21.6 Å². The van der Waals surface area contributed by atoms with Gasteiger partial charge in [-0.15, -0.1) is 0 Å². The van der Waals surface area contributed by atoms with Crippen LogP contribution in [0.1, 0.15) is 12.5 Å². The number of rotatable bonds is 2. The number of nitrogens with two attached hydrogens (primary N) is 1. The van der Waals surface area contributed by atoms with E-state index < -0.39 is 10.0 Å². The fourth-order valence-electron chi connectivity index (χ4n) is 2.20. The molecule has 0 saturated carbocycles. The van der Waals surface area contributed by atoms with E-state index in [0.717, 1.165) is 5.56 Å². The van der Waals surface area contributed by atoms with Crippen molar-refractivity contribution in [3.8, 4) is 0 Å². The number of piperazine rings is 1. The van der Waals surface area contributed by atoms with Gasteiger partial charge in [-0.2, -0.15) is 4.31 Å². The summed E-state index contributed by atoms with van der Waals surface area (Å²) in [6, 6.07) is 4.71. The molecule has 0 spiro atoms. The quantitative estimate of drug-likeness (QED) is 0.802. The lowest BCUT2D eigenvalue weighted by Crippen LogP contribution is -2.49. The highest BCUT2D eigenvalue weighted by Crippen LogP contribution is 2.21. The van der Waals surface area contributed by atoms with E-state index in [9.17, 15) is 13.2 Å². The maximum absolute atomic E-state index is 12.5. The van der Waals surface area contributed by atoms with Crippen LogP contribution in [0.3, 0.4) is 0 Å². The first-order chi connectivity index (χ1) is 9.32. The fourth-order valence-corrected chi connectivity index (χ4v) is 3.71. The van der Waals surface area contributed by atoms with E-state index in [0.29, 0.717) is 31.9 Å². The predicted octanol–water partition coefficient (Wildman–Crippen LogP) is 0.430. The summed E-state index contributed by atoms with van der Waals surface area (Å²) in [6.45, 7) is 4.79. The molecule has 1 aliphatic heterocycles. The number of sulfonamides is 1. The number of hydrogen-bond donors (Lipinski definition) is 1. The molecule has 1 amide bonds. The third kappa shape index (κ3) is 2.78. The number of aryl methyl sites for hydroxylation is 1. The lowest BCUT2D eigenvalue weighted by Gasteiger charge is -2.33. The molecule has 0 unspecified atom stereocenters. The number of nitrogen functional groups attached to an aromatic ring is 1. The number of carbonyl (C=O) groups is 1. The average Bonchev–Trinajstić information content (AvgIpc) is 2.41. The molecule has 0 radical (unpaired) electrons. The second-order valence-electron chi connectivity index (χ2n) is 4.93. The van der Waals surface area contributed by atoms with Gasteiger partial charge in [-0.05, 0) is 30.7 Å². The van der Waals surface area contributed by atoms with Crippen LogP contribution in [0.2, 0.25) is 0 Å². The number of nitrogens with zero attached hydrogens (tertiary/aromatic N) is 2. The minimum Gasteiger partial charge on any atom is -0.399 e. The Hall–Kier alpha value is -1.60. The standard InChI is InChI=1S/C13H19N3O3S/c1-10-9-12(3-4-13(10)14)20(18,19)16-7-5-15(6-8-16)11(2)17/h3-4,9H,5-8,14H2,1-2H3. The second-order valence-corrected chi connectivity index (χ2v) is 6.87. The molecule has 0 aliphatic carbocycles. The molecule has 0 atom stereocenters. The molecule has 0 bridgehead atoms. The number of anilines is 1. The van der Waals surface area contributed by atoms with Gasteiger partial charge in [0.1, 0.15) is 0 Å². The molecule has 1 aromatic rings. The van der Waals surface area contributed by atoms with Gasteiger partial charge < -0.3 is 10.6 Å². The van der Waals surface area contributed by atoms with Gasteiger partial charge in [0.2, 0.25) is 15.9 Å². The van der Waals surface area contributed by atoms with E-state index in [-0.39, 0.29) is 10.8 Å². The van der Waals surface area contributed by atoms with Gasteiger partial charge in [0, 0.05) is 38.8 Å². The Morgan fingerprint density at radius 2 is 1.80 bits per heavy atom. The summed E-state index contributed by atoms with van der Waals surface area (Å²) in [4.78, 5) is 13.2. The van der Waals surface area contributed by atoms with Crippen molar-refractivity contribution in [2.45, 2.75) is 18.7 Å². The molecule has 20 heavy (non-hydrogen) atoms. The fraction of sp³-hybridized carbons (Fsp3) is 0.462. The van der Waals surface area contributed by atoms with Crippen molar-refractivity contribution in [2.24, 2.45) is 0 Å².